The van der Waals surface area contributed by atoms with E-state index in [2.05, 4.69) is 10.9 Å². The first-order valence-corrected chi connectivity index (χ1v) is 7.30. The van der Waals surface area contributed by atoms with Crippen molar-refractivity contribution in [3.8, 4) is 0 Å². The van der Waals surface area contributed by atoms with E-state index in [-0.39, 0.29) is 5.91 Å². The average molecular weight is 300 g/mol. The minimum absolute atomic E-state index is 0.321. The largest absolute Gasteiger partial charge is 0.343 e. The molecule has 2 N–H and O–H groups in total. The molecule has 20 heavy (non-hydrogen) atoms. The average Bonchev–Trinajstić information content (AvgIpc) is 2.82. The normalized spacial score (nSPS) is 11.2. The highest BCUT2D eigenvalue weighted by atomic mass is 32.1. The molecule has 0 aliphatic heterocycles. The number of thiophene rings is 1. The number of aryl methyl sites for hydroxylation is 1. The summed E-state index contributed by atoms with van der Waals surface area (Å²) >= 11 is 1.43. The van der Waals surface area contributed by atoms with Crippen molar-refractivity contribution in [2.45, 2.75) is 33.5 Å². The van der Waals surface area contributed by atoms with Crippen LogP contribution in [0.25, 0.3) is 0 Å². The quantitative estimate of drug-likeness (QED) is 0.618. The molecule has 7 heteroatoms. The molecule has 0 aliphatic carbocycles. The lowest BCUT2D eigenvalue weighted by Crippen LogP contribution is -2.54. The van der Waals surface area contributed by atoms with Crippen LogP contribution in [0.1, 0.15) is 36.7 Å². The lowest BCUT2D eigenvalue weighted by atomic mass is 10.2. The van der Waals surface area contributed by atoms with Crippen molar-refractivity contribution in [1.82, 2.24) is 10.9 Å². The summed E-state index contributed by atoms with van der Waals surface area (Å²) < 4.78 is 10.6. The summed E-state index contributed by atoms with van der Waals surface area (Å²) in [6.45, 7) is 7.51. The third-order valence-electron chi connectivity index (χ3n) is 2.64. The van der Waals surface area contributed by atoms with Crippen molar-refractivity contribution in [3.63, 3.8) is 0 Å². The van der Waals surface area contributed by atoms with Crippen molar-refractivity contribution >= 4 is 23.2 Å². The van der Waals surface area contributed by atoms with Gasteiger partial charge in [-0.1, -0.05) is 0 Å². The second kappa shape index (κ2) is 7.37. The number of rotatable bonds is 6. The summed E-state index contributed by atoms with van der Waals surface area (Å²) in [5, 5.41) is 3.59. The number of carbonyl (C=O) groups is 2. The third-order valence-corrected chi connectivity index (χ3v) is 3.50. The molecule has 112 valence electrons. The second-order valence-corrected chi connectivity index (χ2v) is 4.93. The predicted octanol–water partition coefficient (Wildman–Crippen LogP) is 1.61. The van der Waals surface area contributed by atoms with Crippen molar-refractivity contribution in [3.05, 3.63) is 21.9 Å². The Morgan fingerprint density at radius 2 is 1.80 bits per heavy atom. The van der Waals surface area contributed by atoms with Crippen molar-refractivity contribution < 1.29 is 19.1 Å². The molecule has 0 atom stereocenters. The van der Waals surface area contributed by atoms with Crippen molar-refractivity contribution in [2.24, 2.45) is 0 Å². The Morgan fingerprint density at radius 1 is 1.20 bits per heavy atom. The lowest BCUT2D eigenvalue weighted by molar-refractivity contribution is -0.219. The van der Waals surface area contributed by atoms with Gasteiger partial charge in [-0.3, -0.25) is 20.4 Å². The first-order chi connectivity index (χ1) is 9.44. The SMILES string of the molecule is CCOC(C)(OCC)C(=O)NNC(=O)c1cscc1C. The van der Waals surface area contributed by atoms with Crippen LogP contribution >= 0.6 is 11.3 Å². The van der Waals surface area contributed by atoms with Crippen molar-refractivity contribution in [1.29, 1.82) is 0 Å². The summed E-state index contributed by atoms with van der Waals surface area (Å²) in [5.74, 6) is -2.34. The first-order valence-electron chi connectivity index (χ1n) is 6.36. The Balaban J connectivity index is 2.61. The van der Waals surface area contributed by atoms with E-state index in [9.17, 15) is 9.59 Å². The van der Waals surface area contributed by atoms with Gasteiger partial charge < -0.3 is 9.47 Å². The maximum Gasteiger partial charge on any atom is 0.298 e. The van der Waals surface area contributed by atoms with Crippen LogP contribution in [-0.2, 0) is 14.3 Å². The fourth-order valence-electron chi connectivity index (χ4n) is 1.61. The summed E-state index contributed by atoms with van der Waals surface area (Å²) in [6.07, 6.45) is 0. The van der Waals surface area contributed by atoms with Gasteiger partial charge in [0, 0.05) is 18.6 Å². The second-order valence-electron chi connectivity index (χ2n) is 4.19. The van der Waals surface area contributed by atoms with Gasteiger partial charge in [0.05, 0.1) is 5.56 Å². The molecule has 0 aliphatic rings. The van der Waals surface area contributed by atoms with Crippen LogP contribution in [-0.4, -0.2) is 30.8 Å². The number of hydrazine groups is 1. The Labute approximate surface area is 122 Å². The Bertz CT molecular complexity index is 467. The van der Waals surface area contributed by atoms with Gasteiger partial charge in [0.15, 0.2) is 0 Å². The van der Waals surface area contributed by atoms with Gasteiger partial charge in [-0.25, -0.2) is 0 Å². The van der Waals surface area contributed by atoms with Crippen molar-refractivity contribution in [2.75, 3.05) is 13.2 Å². The van der Waals surface area contributed by atoms with Crippen LogP contribution in [0.5, 0.6) is 0 Å². The maximum absolute atomic E-state index is 12.0. The number of carbonyl (C=O) groups excluding carboxylic acids is 2. The molecule has 1 heterocycles. The topological polar surface area (TPSA) is 76.7 Å². The maximum atomic E-state index is 12.0. The summed E-state index contributed by atoms with van der Waals surface area (Å²) in [4.78, 5) is 23.9. The number of nitrogens with one attached hydrogen (secondary N) is 2. The number of hydrogen-bond acceptors (Lipinski definition) is 5. The molecule has 1 aromatic rings. The standard InChI is InChI=1S/C13H20N2O4S/c1-5-18-13(4,19-6-2)12(17)15-14-11(16)10-8-20-7-9(10)3/h7-8H,5-6H2,1-4H3,(H,14,16)(H,15,17). The third kappa shape index (κ3) is 4.03. The van der Waals surface area contributed by atoms with Gasteiger partial charge in [-0.2, -0.15) is 11.3 Å². The molecule has 1 rings (SSSR count). The molecular formula is C13H20N2O4S. The minimum atomic E-state index is -1.42. The zero-order valence-corrected chi connectivity index (χ0v) is 12.9. The highest BCUT2D eigenvalue weighted by Gasteiger charge is 2.35. The summed E-state index contributed by atoms with van der Waals surface area (Å²) in [5.41, 5.74) is 6.07. The zero-order valence-electron chi connectivity index (χ0n) is 12.1. The monoisotopic (exact) mass is 300 g/mol. The first kappa shape index (κ1) is 16.6. The van der Waals surface area contributed by atoms with E-state index in [1.165, 1.54) is 18.3 Å². The summed E-state index contributed by atoms with van der Waals surface area (Å²) in [6, 6.07) is 0. The molecular weight excluding hydrogens is 280 g/mol. The zero-order chi connectivity index (χ0) is 15.2. The molecule has 6 nitrogen and oxygen atoms in total. The van der Waals surface area contributed by atoms with Crippen LogP contribution in [0.3, 0.4) is 0 Å². The molecule has 0 unspecified atom stereocenters. The van der Waals surface area contributed by atoms with E-state index in [0.717, 1.165) is 5.56 Å². The Morgan fingerprint density at radius 3 is 2.25 bits per heavy atom. The predicted molar refractivity (Wildman–Crippen MR) is 76.3 cm³/mol. The van der Waals surface area contributed by atoms with E-state index < -0.39 is 11.7 Å². The molecule has 0 bridgehead atoms. The smallest absolute Gasteiger partial charge is 0.298 e. The van der Waals surface area contributed by atoms with E-state index in [0.29, 0.717) is 18.8 Å². The van der Waals surface area contributed by atoms with Gasteiger partial charge in [-0.05, 0) is 38.6 Å². The van der Waals surface area contributed by atoms with E-state index >= 15 is 0 Å². The minimum Gasteiger partial charge on any atom is -0.343 e. The molecule has 0 saturated carbocycles. The van der Waals surface area contributed by atoms with Crippen LogP contribution in [0.4, 0.5) is 0 Å². The van der Waals surface area contributed by atoms with Crippen LogP contribution in [0, 0.1) is 6.92 Å². The van der Waals surface area contributed by atoms with E-state index in [1.54, 1.807) is 19.2 Å². The number of hydrogen-bond donors (Lipinski definition) is 2. The van der Waals surface area contributed by atoms with Gasteiger partial charge in [-0.15, -0.1) is 0 Å². The molecule has 2 amide bonds. The van der Waals surface area contributed by atoms with Crippen LogP contribution in [0.15, 0.2) is 10.8 Å². The molecule has 0 spiro atoms. The van der Waals surface area contributed by atoms with Gasteiger partial charge in [0.25, 0.3) is 11.8 Å². The van der Waals surface area contributed by atoms with E-state index in [4.69, 9.17) is 9.47 Å². The molecule has 0 aromatic carbocycles. The fourth-order valence-corrected chi connectivity index (χ4v) is 2.44. The van der Waals surface area contributed by atoms with Gasteiger partial charge >= 0.3 is 0 Å². The number of ether oxygens (including phenoxy) is 2. The molecule has 0 fully saturated rings. The van der Waals surface area contributed by atoms with Gasteiger partial charge in [0.2, 0.25) is 5.79 Å². The Hall–Kier alpha value is -1.44. The van der Waals surface area contributed by atoms with Crippen LogP contribution in [0.2, 0.25) is 0 Å². The number of amides is 2. The highest BCUT2D eigenvalue weighted by Crippen LogP contribution is 2.14. The lowest BCUT2D eigenvalue weighted by Gasteiger charge is -2.27. The van der Waals surface area contributed by atoms with E-state index in [1.807, 2.05) is 12.3 Å². The van der Waals surface area contributed by atoms with Gasteiger partial charge in [0.1, 0.15) is 0 Å². The fraction of sp³-hybridized carbons (Fsp3) is 0.538. The highest BCUT2D eigenvalue weighted by molar-refractivity contribution is 7.08. The molecule has 0 saturated heterocycles. The van der Waals surface area contributed by atoms with Crippen LogP contribution < -0.4 is 10.9 Å². The summed E-state index contributed by atoms with van der Waals surface area (Å²) in [7, 11) is 0. The molecule has 0 radical (unpaired) electrons. The Kier molecular flexibility index (Phi) is 6.12. The molecule has 1 aromatic heterocycles.